The number of hydrogen-bond acceptors (Lipinski definition) is 4. The van der Waals surface area contributed by atoms with E-state index in [0.29, 0.717) is 12.4 Å². The predicted molar refractivity (Wildman–Crippen MR) is 73.1 cm³/mol. The van der Waals surface area contributed by atoms with Crippen LogP contribution in [0.25, 0.3) is 0 Å². The van der Waals surface area contributed by atoms with Crippen LogP contribution in [0.2, 0.25) is 0 Å². The van der Waals surface area contributed by atoms with E-state index in [2.05, 4.69) is 4.98 Å². The van der Waals surface area contributed by atoms with Gasteiger partial charge in [-0.15, -0.1) is 0 Å². The number of rotatable bonds is 3. The largest absolute Gasteiger partial charge is 0.389 e. The van der Waals surface area contributed by atoms with Crippen molar-refractivity contribution in [2.24, 2.45) is 0 Å². The van der Waals surface area contributed by atoms with Gasteiger partial charge in [-0.2, -0.15) is 0 Å². The van der Waals surface area contributed by atoms with Crippen molar-refractivity contribution in [3.8, 4) is 0 Å². The van der Waals surface area contributed by atoms with E-state index in [4.69, 9.17) is 0 Å². The fourth-order valence-electron chi connectivity index (χ4n) is 1.85. The van der Waals surface area contributed by atoms with Crippen molar-refractivity contribution in [1.82, 2.24) is 9.55 Å². The molecule has 0 aliphatic carbocycles. The van der Waals surface area contributed by atoms with E-state index in [1.807, 2.05) is 20.8 Å². The molecule has 0 unspecified atom stereocenters. The molecule has 0 amide bonds. The summed E-state index contributed by atoms with van der Waals surface area (Å²) in [4.78, 5) is 18.1. The average Bonchev–Trinajstić information content (AvgIpc) is 2.12. The molecule has 5 nitrogen and oxygen atoms in total. The maximum Gasteiger partial charge on any atom is 0.293 e. The van der Waals surface area contributed by atoms with Gasteiger partial charge in [0, 0.05) is 31.5 Å². The summed E-state index contributed by atoms with van der Waals surface area (Å²) in [6, 6.07) is 0. The quantitative estimate of drug-likeness (QED) is 0.879. The minimum absolute atomic E-state index is 0.142. The Bertz CT molecular complexity index is 466. The second kappa shape index (κ2) is 4.72. The van der Waals surface area contributed by atoms with Gasteiger partial charge in [0.2, 0.25) is 0 Å². The van der Waals surface area contributed by atoms with Gasteiger partial charge in [-0.05, 0) is 34.6 Å². The van der Waals surface area contributed by atoms with E-state index in [-0.39, 0.29) is 11.1 Å². The van der Waals surface area contributed by atoms with Crippen LogP contribution in [0.5, 0.6) is 0 Å². The minimum atomic E-state index is -0.870. The van der Waals surface area contributed by atoms with Gasteiger partial charge in [-0.25, -0.2) is 4.98 Å². The molecule has 1 aromatic heterocycles. The molecular formula is C13H23N3O2. The molecule has 0 aliphatic rings. The zero-order chi connectivity index (χ0) is 14.1. The van der Waals surface area contributed by atoms with Crippen LogP contribution in [0.4, 0.5) is 5.82 Å². The van der Waals surface area contributed by atoms with Gasteiger partial charge in [0.1, 0.15) is 0 Å². The first-order chi connectivity index (χ1) is 8.02. The first kappa shape index (κ1) is 14.7. The van der Waals surface area contributed by atoms with E-state index in [1.54, 1.807) is 42.8 Å². The molecule has 102 valence electrons. The highest BCUT2D eigenvalue weighted by molar-refractivity contribution is 5.35. The lowest BCUT2D eigenvalue weighted by Gasteiger charge is -2.28. The van der Waals surface area contributed by atoms with Crippen LogP contribution >= 0.6 is 0 Å². The number of aromatic nitrogens is 2. The number of likely N-dealkylation sites (N-methyl/N-ethyl adjacent to an activating group) is 1. The maximum atomic E-state index is 12.3. The SMILES string of the molecule is CN(CC(C)(C)O)c1nccn(C(C)(C)C)c1=O. The van der Waals surface area contributed by atoms with Gasteiger partial charge in [0.25, 0.3) is 5.56 Å². The van der Waals surface area contributed by atoms with Crippen molar-refractivity contribution < 1.29 is 5.11 Å². The molecule has 0 spiro atoms. The molecule has 0 bridgehead atoms. The molecule has 0 atom stereocenters. The van der Waals surface area contributed by atoms with Crippen molar-refractivity contribution in [3.63, 3.8) is 0 Å². The fraction of sp³-hybridized carbons (Fsp3) is 0.692. The number of anilines is 1. The van der Waals surface area contributed by atoms with Gasteiger partial charge in [0.05, 0.1) is 5.60 Å². The van der Waals surface area contributed by atoms with Crippen molar-refractivity contribution in [2.45, 2.75) is 45.8 Å². The highest BCUT2D eigenvalue weighted by atomic mass is 16.3. The summed E-state index contributed by atoms with van der Waals surface area (Å²) >= 11 is 0. The lowest BCUT2D eigenvalue weighted by molar-refractivity contribution is 0.0883. The zero-order valence-corrected chi connectivity index (χ0v) is 12.1. The second-order valence-corrected chi connectivity index (χ2v) is 6.27. The monoisotopic (exact) mass is 253 g/mol. The third kappa shape index (κ3) is 3.57. The van der Waals surface area contributed by atoms with E-state index < -0.39 is 5.60 Å². The molecule has 1 heterocycles. The van der Waals surface area contributed by atoms with E-state index >= 15 is 0 Å². The topological polar surface area (TPSA) is 58.4 Å². The Morgan fingerprint density at radius 3 is 2.33 bits per heavy atom. The predicted octanol–water partition coefficient (Wildman–Crippen LogP) is 1.21. The molecule has 0 aliphatic heterocycles. The fourth-order valence-corrected chi connectivity index (χ4v) is 1.85. The Morgan fingerprint density at radius 2 is 1.89 bits per heavy atom. The maximum absolute atomic E-state index is 12.3. The third-order valence-electron chi connectivity index (χ3n) is 2.53. The van der Waals surface area contributed by atoms with E-state index in [0.717, 1.165) is 0 Å². The molecule has 0 fully saturated rings. The highest BCUT2D eigenvalue weighted by Gasteiger charge is 2.21. The smallest absolute Gasteiger partial charge is 0.293 e. The summed E-state index contributed by atoms with van der Waals surface area (Å²) in [7, 11) is 1.76. The van der Waals surface area contributed by atoms with Crippen LogP contribution in [0, 0.1) is 0 Å². The van der Waals surface area contributed by atoms with Crippen LogP contribution < -0.4 is 10.5 Å². The Hall–Kier alpha value is -1.36. The molecule has 5 heteroatoms. The second-order valence-electron chi connectivity index (χ2n) is 6.27. The number of nitrogens with zero attached hydrogens (tertiary/aromatic N) is 3. The molecule has 0 aromatic carbocycles. The standard InChI is InChI=1S/C13H23N3O2/c1-12(2,3)16-8-7-14-10(11(16)17)15(6)9-13(4,5)18/h7-8,18H,9H2,1-6H3. The van der Waals surface area contributed by atoms with Crippen LogP contribution in [0.3, 0.4) is 0 Å². The van der Waals surface area contributed by atoms with Crippen molar-refractivity contribution in [3.05, 3.63) is 22.7 Å². The van der Waals surface area contributed by atoms with Gasteiger partial charge in [-0.1, -0.05) is 0 Å². The lowest BCUT2D eigenvalue weighted by Crippen LogP contribution is -2.42. The van der Waals surface area contributed by atoms with Gasteiger partial charge < -0.3 is 14.6 Å². The summed E-state index contributed by atoms with van der Waals surface area (Å²) in [6.45, 7) is 9.66. The summed E-state index contributed by atoms with van der Waals surface area (Å²) < 4.78 is 1.65. The molecule has 1 rings (SSSR count). The summed E-state index contributed by atoms with van der Waals surface area (Å²) in [5.41, 5.74) is -1.30. The average molecular weight is 253 g/mol. The molecule has 0 radical (unpaired) electrons. The summed E-state index contributed by atoms with van der Waals surface area (Å²) in [5, 5.41) is 9.79. The van der Waals surface area contributed by atoms with Gasteiger partial charge in [-0.3, -0.25) is 4.79 Å². The van der Waals surface area contributed by atoms with Crippen LogP contribution in [0.15, 0.2) is 17.2 Å². The van der Waals surface area contributed by atoms with Crippen molar-refractivity contribution in [2.75, 3.05) is 18.5 Å². The van der Waals surface area contributed by atoms with E-state index in [1.165, 1.54) is 0 Å². The molecule has 1 N–H and O–H groups in total. The lowest BCUT2D eigenvalue weighted by atomic mass is 10.1. The molecule has 18 heavy (non-hydrogen) atoms. The van der Waals surface area contributed by atoms with Gasteiger partial charge in [0.15, 0.2) is 5.82 Å². The first-order valence-electron chi connectivity index (χ1n) is 6.04. The summed E-state index contributed by atoms with van der Waals surface area (Å²) in [5.74, 6) is 0.356. The highest BCUT2D eigenvalue weighted by Crippen LogP contribution is 2.13. The Balaban J connectivity index is 3.16. The normalized spacial score (nSPS) is 12.6. The Labute approximate surface area is 108 Å². The van der Waals surface area contributed by atoms with E-state index in [9.17, 15) is 9.90 Å². The van der Waals surface area contributed by atoms with Gasteiger partial charge >= 0.3 is 0 Å². The van der Waals surface area contributed by atoms with Crippen molar-refractivity contribution >= 4 is 5.82 Å². The molecule has 0 saturated heterocycles. The molecular weight excluding hydrogens is 230 g/mol. The minimum Gasteiger partial charge on any atom is -0.389 e. The Kier molecular flexibility index (Phi) is 3.86. The van der Waals surface area contributed by atoms with Crippen LogP contribution in [-0.4, -0.2) is 33.9 Å². The number of aliphatic hydroxyl groups is 1. The zero-order valence-electron chi connectivity index (χ0n) is 12.1. The molecule has 0 saturated carbocycles. The molecule has 1 aromatic rings. The first-order valence-corrected chi connectivity index (χ1v) is 6.04. The summed E-state index contributed by atoms with van der Waals surface area (Å²) in [6.07, 6.45) is 3.30. The van der Waals surface area contributed by atoms with Crippen LogP contribution in [0.1, 0.15) is 34.6 Å². The van der Waals surface area contributed by atoms with Crippen molar-refractivity contribution in [1.29, 1.82) is 0 Å². The third-order valence-corrected chi connectivity index (χ3v) is 2.53. The number of hydrogen-bond donors (Lipinski definition) is 1. The Morgan fingerprint density at radius 1 is 1.33 bits per heavy atom. The van der Waals surface area contributed by atoms with Crippen LogP contribution in [-0.2, 0) is 5.54 Å².